The maximum Gasteiger partial charge on any atom is 0.144 e. The van der Waals surface area contributed by atoms with Crippen molar-refractivity contribution in [3.8, 4) is 5.75 Å². The average Bonchev–Trinajstić information content (AvgIpc) is 2.39. The quantitative estimate of drug-likeness (QED) is 0.710. The molecule has 0 aliphatic carbocycles. The second-order valence-corrected chi connectivity index (χ2v) is 5.07. The molecule has 0 unspecified atom stereocenters. The highest BCUT2D eigenvalue weighted by Crippen LogP contribution is 2.29. The number of rotatable bonds is 8. The summed E-state index contributed by atoms with van der Waals surface area (Å²) in [4.78, 5) is 2.29. The number of likely N-dealkylation sites (N-methyl/N-ethyl adjacent to an activating group) is 1. The van der Waals surface area contributed by atoms with Gasteiger partial charge in [-0.1, -0.05) is 13.0 Å². The summed E-state index contributed by atoms with van der Waals surface area (Å²) in [7, 11) is 2.12. The summed E-state index contributed by atoms with van der Waals surface area (Å²) in [6.07, 6.45) is 0.982. The van der Waals surface area contributed by atoms with Crippen LogP contribution in [0.15, 0.2) is 18.2 Å². The topological polar surface area (TPSA) is 50.5 Å². The SMILES string of the molecule is CCCOc1cccc(NCCN(C)C(C)C)c1N. The molecule has 0 bridgehead atoms. The Bertz CT molecular complexity index is 380. The first-order valence-electron chi connectivity index (χ1n) is 7.01. The third-order valence-electron chi connectivity index (χ3n) is 3.19. The Kier molecular flexibility index (Phi) is 6.50. The number of nitrogens with zero attached hydrogens (tertiary/aromatic N) is 1. The van der Waals surface area contributed by atoms with Gasteiger partial charge in [0, 0.05) is 19.1 Å². The molecule has 0 heterocycles. The van der Waals surface area contributed by atoms with Gasteiger partial charge in [-0.2, -0.15) is 0 Å². The molecule has 0 atom stereocenters. The van der Waals surface area contributed by atoms with Crippen LogP contribution in [0.25, 0.3) is 0 Å². The fourth-order valence-electron chi connectivity index (χ4n) is 1.66. The van der Waals surface area contributed by atoms with E-state index in [1.54, 1.807) is 0 Å². The molecule has 1 aromatic carbocycles. The van der Waals surface area contributed by atoms with Crippen molar-refractivity contribution < 1.29 is 4.74 Å². The molecule has 0 saturated heterocycles. The largest absolute Gasteiger partial charge is 0.491 e. The number of nitrogens with one attached hydrogen (secondary N) is 1. The summed E-state index contributed by atoms with van der Waals surface area (Å²) in [6, 6.07) is 6.42. The van der Waals surface area contributed by atoms with E-state index in [-0.39, 0.29) is 0 Å². The number of nitrogens with two attached hydrogens (primary N) is 1. The van der Waals surface area contributed by atoms with Crippen molar-refractivity contribution in [2.45, 2.75) is 33.2 Å². The van der Waals surface area contributed by atoms with Crippen molar-refractivity contribution in [3.05, 3.63) is 18.2 Å². The molecular formula is C15H27N3O. The standard InChI is InChI=1S/C15H27N3O/c1-5-11-19-14-8-6-7-13(15(14)16)17-9-10-18(4)12(2)3/h6-8,12,17H,5,9-11,16H2,1-4H3. The Balaban J connectivity index is 2.54. The molecule has 3 N–H and O–H groups in total. The van der Waals surface area contributed by atoms with E-state index in [0.29, 0.717) is 18.3 Å². The number of nitrogen functional groups attached to an aromatic ring is 1. The molecule has 0 aliphatic rings. The number of anilines is 2. The zero-order valence-corrected chi connectivity index (χ0v) is 12.6. The average molecular weight is 265 g/mol. The molecule has 0 amide bonds. The van der Waals surface area contributed by atoms with E-state index in [0.717, 1.165) is 30.9 Å². The number of ether oxygens (including phenoxy) is 1. The van der Waals surface area contributed by atoms with Crippen LogP contribution < -0.4 is 15.8 Å². The van der Waals surface area contributed by atoms with Gasteiger partial charge in [-0.05, 0) is 39.4 Å². The molecule has 1 aromatic rings. The van der Waals surface area contributed by atoms with E-state index in [1.165, 1.54) is 0 Å². The Morgan fingerprint density at radius 1 is 1.37 bits per heavy atom. The van der Waals surface area contributed by atoms with Gasteiger partial charge in [-0.25, -0.2) is 0 Å². The first kappa shape index (κ1) is 15.6. The molecule has 0 aromatic heterocycles. The summed E-state index contributed by atoms with van der Waals surface area (Å²) in [5.41, 5.74) is 7.75. The Labute approximate surface area is 116 Å². The number of benzene rings is 1. The van der Waals surface area contributed by atoms with Crippen LogP contribution in [0.2, 0.25) is 0 Å². The maximum absolute atomic E-state index is 6.10. The molecule has 4 heteroatoms. The molecule has 108 valence electrons. The molecule has 4 nitrogen and oxygen atoms in total. The van der Waals surface area contributed by atoms with Gasteiger partial charge in [0.05, 0.1) is 18.0 Å². The van der Waals surface area contributed by atoms with Gasteiger partial charge in [0.1, 0.15) is 5.75 Å². The van der Waals surface area contributed by atoms with E-state index in [4.69, 9.17) is 10.5 Å². The lowest BCUT2D eigenvalue weighted by Crippen LogP contribution is -2.31. The van der Waals surface area contributed by atoms with Crippen LogP contribution in [0.1, 0.15) is 27.2 Å². The molecule has 0 aliphatic heterocycles. The summed E-state index contributed by atoms with van der Waals surface area (Å²) in [5, 5.41) is 3.37. The molecule has 1 rings (SSSR count). The van der Waals surface area contributed by atoms with Crippen molar-refractivity contribution in [2.24, 2.45) is 0 Å². The van der Waals surface area contributed by atoms with Crippen LogP contribution in [0, 0.1) is 0 Å². The third kappa shape index (κ3) is 4.99. The van der Waals surface area contributed by atoms with Gasteiger partial charge in [-0.3, -0.25) is 0 Å². The van der Waals surface area contributed by atoms with Gasteiger partial charge >= 0.3 is 0 Å². The summed E-state index contributed by atoms with van der Waals surface area (Å²) < 4.78 is 5.62. The zero-order valence-electron chi connectivity index (χ0n) is 12.6. The Morgan fingerprint density at radius 2 is 2.11 bits per heavy atom. The lowest BCUT2D eigenvalue weighted by molar-refractivity contribution is 0.284. The number of hydrogen-bond donors (Lipinski definition) is 2. The highest BCUT2D eigenvalue weighted by molar-refractivity contribution is 5.72. The molecule has 0 spiro atoms. The predicted molar refractivity (Wildman–Crippen MR) is 82.9 cm³/mol. The fourth-order valence-corrected chi connectivity index (χ4v) is 1.66. The van der Waals surface area contributed by atoms with Gasteiger partial charge in [0.2, 0.25) is 0 Å². The highest BCUT2D eigenvalue weighted by Gasteiger charge is 2.06. The molecule has 0 fully saturated rings. The Hall–Kier alpha value is -1.42. The summed E-state index contributed by atoms with van der Waals surface area (Å²) >= 11 is 0. The lowest BCUT2D eigenvalue weighted by atomic mass is 10.2. The predicted octanol–water partition coefficient (Wildman–Crippen LogP) is 2.81. The van der Waals surface area contributed by atoms with E-state index in [2.05, 4.69) is 38.0 Å². The van der Waals surface area contributed by atoms with Crippen molar-refractivity contribution in [2.75, 3.05) is 37.8 Å². The molecular weight excluding hydrogens is 238 g/mol. The minimum atomic E-state index is 0.554. The van der Waals surface area contributed by atoms with Crippen LogP contribution in [0.5, 0.6) is 5.75 Å². The molecule has 0 radical (unpaired) electrons. The van der Waals surface area contributed by atoms with Crippen molar-refractivity contribution in [1.29, 1.82) is 0 Å². The second-order valence-electron chi connectivity index (χ2n) is 5.07. The summed E-state index contributed by atoms with van der Waals surface area (Å²) in [5.74, 6) is 0.768. The van der Waals surface area contributed by atoms with Crippen LogP contribution in [-0.4, -0.2) is 37.7 Å². The van der Waals surface area contributed by atoms with E-state index in [1.807, 2.05) is 18.2 Å². The van der Waals surface area contributed by atoms with Crippen LogP contribution >= 0.6 is 0 Å². The summed E-state index contributed by atoms with van der Waals surface area (Å²) in [6.45, 7) is 9.01. The molecule has 0 saturated carbocycles. The van der Waals surface area contributed by atoms with Crippen LogP contribution in [-0.2, 0) is 0 Å². The number of hydrogen-bond acceptors (Lipinski definition) is 4. The third-order valence-corrected chi connectivity index (χ3v) is 3.19. The maximum atomic E-state index is 6.10. The van der Waals surface area contributed by atoms with Gasteiger partial charge in [-0.15, -0.1) is 0 Å². The minimum absolute atomic E-state index is 0.554. The van der Waals surface area contributed by atoms with Crippen LogP contribution in [0.4, 0.5) is 11.4 Å². The van der Waals surface area contributed by atoms with Crippen molar-refractivity contribution in [3.63, 3.8) is 0 Å². The second kappa shape index (κ2) is 7.89. The van der Waals surface area contributed by atoms with Gasteiger partial charge in [0.15, 0.2) is 0 Å². The van der Waals surface area contributed by atoms with Gasteiger partial charge in [0.25, 0.3) is 0 Å². The van der Waals surface area contributed by atoms with E-state index >= 15 is 0 Å². The Morgan fingerprint density at radius 3 is 2.74 bits per heavy atom. The highest BCUT2D eigenvalue weighted by atomic mass is 16.5. The minimum Gasteiger partial charge on any atom is -0.491 e. The first-order valence-corrected chi connectivity index (χ1v) is 7.01. The van der Waals surface area contributed by atoms with Crippen molar-refractivity contribution >= 4 is 11.4 Å². The van der Waals surface area contributed by atoms with Crippen LogP contribution in [0.3, 0.4) is 0 Å². The van der Waals surface area contributed by atoms with Gasteiger partial charge < -0.3 is 20.7 Å². The van der Waals surface area contributed by atoms with Crippen molar-refractivity contribution in [1.82, 2.24) is 4.90 Å². The first-order chi connectivity index (χ1) is 9.06. The fraction of sp³-hybridized carbons (Fsp3) is 0.600. The monoisotopic (exact) mass is 265 g/mol. The van der Waals surface area contributed by atoms with E-state index < -0.39 is 0 Å². The lowest BCUT2D eigenvalue weighted by Gasteiger charge is -2.21. The molecule has 19 heavy (non-hydrogen) atoms. The normalized spacial score (nSPS) is 11.1. The smallest absolute Gasteiger partial charge is 0.144 e. The van der Waals surface area contributed by atoms with E-state index in [9.17, 15) is 0 Å². The zero-order chi connectivity index (χ0) is 14.3. The number of para-hydroxylation sites is 1.